The van der Waals surface area contributed by atoms with E-state index in [0.29, 0.717) is 33.8 Å². The Hall–Kier alpha value is -3.32. The molecule has 0 spiro atoms. The van der Waals surface area contributed by atoms with Crippen LogP contribution in [0.15, 0.2) is 51.7 Å². The standard InChI is InChI=1S/C19H18N2O5/c1-11-18(12-3-5-13(24-2)6-4-12)19(23)15-8-7-14(9-16(15)26-11)25-10-17(22)21-20/h3-9H,10,20H2,1-2H3,(H,21,22). The smallest absolute Gasteiger partial charge is 0.271 e. The minimum Gasteiger partial charge on any atom is -0.497 e. The molecule has 0 aliphatic carbocycles. The van der Waals surface area contributed by atoms with Gasteiger partial charge < -0.3 is 13.9 Å². The van der Waals surface area contributed by atoms with E-state index in [-0.39, 0.29) is 12.0 Å². The van der Waals surface area contributed by atoms with E-state index in [9.17, 15) is 9.59 Å². The van der Waals surface area contributed by atoms with Gasteiger partial charge in [-0.1, -0.05) is 12.1 Å². The SMILES string of the molecule is COc1ccc(-c2c(C)oc3cc(OCC(=O)NN)ccc3c2=O)cc1. The zero-order valence-electron chi connectivity index (χ0n) is 14.4. The molecule has 3 N–H and O–H groups in total. The van der Waals surface area contributed by atoms with Crippen LogP contribution in [0.5, 0.6) is 11.5 Å². The molecule has 7 nitrogen and oxygen atoms in total. The maximum absolute atomic E-state index is 12.9. The average molecular weight is 354 g/mol. The first-order valence-electron chi connectivity index (χ1n) is 7.87. The number of carbonyl (C=O) groups excluding carboxylic acids is 1. The van der Waals surface area contributed by atoms with Gasteiger partial charge in [0.2, 0.25) is 5.43 Å². The van der Waals surface area contributed by atoms with E-state index in [0.717, 1.165) is 5.56 Å². The molecule has 0 saturated heterocycles. The summed E-state index contributed by atoms with van der Waals surface area (Å²) >= 11 is 0. The largest absolute Gasteiger partial charge is 0.497 e. The monoisotopic (exact) mass is 354 g/mol. The van der Waals surface area contributed by atoms with E-state index >= 15 is 0 Å². The van der Waals surface area contributed by atoms with Gasteiger partial charge in [-0.05, 0) is 36.8 Å². The third-order valence-electron chi connectivity index (χ3n) is 3.95. The van der Waals surface area contributed by atoms with Crippen LogP contribution in [0.3, 0.4) is 0 Å². The second-order valence-electron chi connectivity index (χ2n) is 5.61. The summed E-state index contributed by atoms with van der Waals surface area (Å²) in [6, 6.07) is 12.0. The Labute approximate surface area is 149 Å². The molecule has 2 aromatic carbocycles. The molecule has 0 bridgehead atoms. The number of carbonyl (C=O) groups is 1. The van der Waals surface area contributed by atoms with E-state index in [4.69, 9.17) is 19.7 Å². The van der Waals surface area contributed by atoms with Gasteiger partial charge in [-0.25, -0.2) is 5.84 Å². The van der Waals surface area contributed by atoms with Crippen LogP contribution < -0.4 is 26.2 Å². The first-order valence-corrected chi connectivity index (χ1v) is 7.87. The van der Waals surface area contributed by atoms with Gasteiger partial charge in [-0.15, -0.1) is 0 Å². The van der Waals surface area contributed by atoms with Gasteiger partial charge in [0.05, 0.1) is 18.1 Å². The number of ether oxygens (including phenoxy) is 2. The lowest BCUT2D eigenvalue weighted by Crippen LogP contribution is -2.34. The highest BCUT2D eigenvalue weighted by molar-refractivity contribution is 5.84. The fourth-order valence-electron chi connectivity index (χ4n) is 2.66. The number of aryl methyl sites for hydroxylation is 1. The van der Waals surface area contributed by atoms with Crippen LogP contribution in [0.1, 0.15) is 5.76 Å². The molecular formula is C19H18N2O5. The summed E-state index contributed by atoms with van der Waals surface area (Å²) in [5.74, 6) is 6.15. The molecule has 7 heteroatoms. The van der Waals surface area contributed by atoms with Crippen molar-refractivity contribution in [1.29, 1.82) is 0 Å². The van der Waals surface area contributed by atoms with Crippen molar-refractivity contribution in [2.75, 3.05) is 13.7 Å². The summed E-state index contributed by atoms with van der Waals surface area (Å²) < 4.78 is 16.3. The van der Waals surface area contributed by atoms with Crippen molar-refractivity contribution in [3.63, 3.8) is 0 Å². The fraction of sp³-hybridized carbons (Fsp3) is 0.158. The fourth-order valence-corrected chi connectivity index (χ4v) is 2.66. The molecule has 0 radical (unpaired) electrons. The maximum Gasteiger partial charge on any atom is 0.271 e. The van der Waals surface area contributed by atoms with Crippen LogP contribution in [0.25, 0.3) is 22.1 Å². The molecular weight excluding hydrogens is 336 g/mol. The molecule has 0 saturated carbocycles. The summed E-state index contributed by atoms with van der Waals surface area (Å²) in [6.45, 7) is 1.50. The number of nitrogens with one attached hydrogen (secondary N) is 1. The molecule has 134 valence electrons. The Morgan fingerprint density at radius 3 is 2.50 bits per heavy atom. The molecule has 3 rings (SSSR count). The number of hydrazine groups is 1. The Morgan fingerprint density at radius 1 is 1.15 bits per heavy atom. The minimum absolute atomic E-state index is 0.139. The van der Waals surface area contributed by atoms with Crippen molar-refractivity contribution in [2.24, 2.45) is 5.84 Å². The van der Waals surface area contributed by atoms with Gasteiger partial charge in [0.25, 0.3) is 5.91 Å². The summed E-state index contributed by atoms with van der Waals surface area (Å²) in [6.07, 6.45) is 0. The Morgan fingerprint density at radius 2 is 1.85 bits per heavy atom. The molecule has 0 unspecified atom stereocenters. The highest BCUT2D eigenvalue weighted by Crippen LogP contribution is 2.27. The normalized spacial score (nSPS) is 10.6. The van der Waals surface area contributed by atoms with Crippen LogP contribution in [-0.2, 0) is 4.79 Å². The summed E-state index contributed by atoms with van der Waals surface area (Å²) in [5.41, 5.74) is 3.47. The van der Waals surface area contributed by atoms with Crippen molar-refractivity contribution in [3.05, 3.63) is 58.4 Å². The highest BCUT2D eigenvalue weighted by Gasteiger charge is 2.14. The second kappa shape index (κ2) is 7.28. The summed E-state index contributed by atoms with van der Waals surface area (Å²) in [7, 11) is 1.58. The molecule has 26 heavy (non-hydrogen) atoms. The quantitative estimate of drug-likeness (QED) is 0.413. The minimum atomic E-state index is -0.461. The van der Waals surface area contributed by atoms with Gasteiger partial charge in [0.15, 0.2) is 6.61 Å². The molecule has 0 atom stereocenters. The number of hydrogen-bond donors (Lipinski definition) is 2. The predicted octanol–water partition coefficient (Wildman–Crippen LogP) is 2.15. The molecule has 1 amide bonds. The third-order valence-corrected chi connectivity index (χ3v) is 3.95. The molecule has 0 fully saturated rings. The summed E-state index contributed by atoms with van der Waals surface area (Å²) in [5, 5.41) is 0.428. The Bertz CT molecular complexity index is 1010. The van der Waals surface area contributed by atoms with Gasteiger partial charge >= 0.3 is 0 Å². The summed E-state index contributed by atoms with van der Waals surface area (Å²) in [4.78, 5) is 24.1. The van der Waals surface area contributed by atoms with E-state index in [1.807, 2.05) is 17.6 Å². The van der Waals surface area contributed by atoms with Crippen LogP contribution in [-0.4, -0.2) is 19.6 Å². The first-order chi connectivity index (χ1) is 12.5. The highest BCUT2D eigenvalue weighted by atomic mass is 16.5. The molecule has 1 aromatic heterocycles. The lowest BCUT2D eigenvalue weighted by Gasteiger charge is -2.09. The third kappa shape index (κ3) is 3.38. The van der Waals surface area contributed by atoms with Crippen molar-refractivity contribution < 1.29 is 18.7 Å². The number of fused-ring (bicyclic) bond motifs is 1. The molecule has 3 aromatic rings. The van der Waals surface area contributed by atoms with E-state index in [1.165, 1.54) is 0 Å². The van der Waals surface area contributed by atoms with E-state index in [1.54, 1.807) is 44.4 Å². The number of amides is 1. The van der Waals surface area contributed by atoms with Gasteiger partial charge in [0, 0.05) is 6.07 Å². The number of nitrogens with two attached hydrogens (primary N) is 1. The van der Waals surface area contributed by atoms with Crippen LogP contribution in [0.4, 0.5) is 0 Å². The number of methoxy groups -OCH3 is 1. The van der Waals surface area contributed by atoms with Crippen LogP contribution in [0.2, 0.25) is 0 Å². The topological polar surface area (TPSA) is 104 Å². The predicted molar refractivity (Wildman–Crippen MR) is 97.0 cm³/mol. The molecule has 0 aliphatic heterocycles. The number of benzene rings is 2. The molecule has 0 aliphatic rings. The van der Waals surface area contributed by atoms with Crippen molar-refractivity contribution in [1.82, 2.24) is 5.43 Å². The lowest BCUT2D eigenvalue weighted by molar-refractivity contribution is -0.123. The van der Waals surface area contributed by atoms with Gasteiger partial charge in [-0.2, -0.15) is 0 Å². The van der Waals surface area contributed by atoms with E-state index in [2.05, 4.69) is 0 Å². The van der Waals surface area contributed by atoms with Crippen LogP contribution in [0, 0.1) is 6.92 Å². The zero-order valence-corrected chi connectivity index (χ0v) is 14.4. The zero-order chi connectivity index (χ0) is 18.7. The lowest BCUT2D eigenvalue weighted by atomic mass is 10.0. The average Bonchev–Trinajstić information content (AvgIpc) is 2.66. The Kier molecular flexibility index (Phi) is 4.90. The van der Waals surface area contributed by atoms with Crippen molar-refractivity contribution >= 4 is 16.9 Å². The van der Waals surface area contributed by atoms with Gasteiger partial charge in [0.1, 0.15) is 22.8 Å². The van der Waals surface area contributed by atoms with Crippen molar-refractivity contribution in [3.8, 4) is 22.6 Å². The first kappa shape index (κ1) is 17.5. The molecule has 1 heterocycles. The van der Waals surface area contributed by atoms with E-state index < -0.39 is 5.91 Å². The van der Waals surface area contributed by atoms with Gasteiger partial charge in [-0.3, -0.25) is 15.0 Å². The number of hydrogen-bond acceptors (Lipinski definition) is 6. The Balaban J connectivity index is 2.02. The maximum atomic E-state index is 12.9. The van der Waals surface area contributed by atoms with Crippen LogP contribution >= 0.6 is 0 Å². The van der Waals surface area contributed by atoms with Crippen molar-refractivity contribution in [2.45, 2.75) is 6.92 Å². The second-order valence-corrected chi connectivity index (χ2v) is 5.61. The number of rotatable bonds is 5.